The Kier molecular flexibility index (Phi) is 6.17. The van der Waals surface area contributed by atoms with Gasteiger partial charge in [-0.3, -0.25) is 9.59 Å². The molecular formula is C23H25N5O2. The first kappa shape index (κ1) is 19.8. The van der Waals surface area contributed by atoms with Gasteiger partial charge in [0.1, 0.15) is 19.2 Å². The lowest BCUT2D eigenvalue weighted by molar-refractivity contribution is -0.133. The average Bonchev–Trinajstić information content (AvgIpc) is 3.31. The van der Waals surface area contributed by atoms with E-state index in [9.17, 15) is 9.59 Å². The fourth-order valence-electron chi connectivity index (χ4n) is 3.79. The summed E-state index contributed by atoms with van der Waals surface area (Å²) < 4.78 is 1.53. The molecule has 3 aromatic rings. The summed E-state index contributed by atoms with van der Waals surface area (Å²) in [4.78, 5) is 30.7. The molecule has 2 aromatic carbocycles. The van der Waals surface area contributed by atoms with Crippen molar-refractivity contribution in [2.45, 2.75) is 19.4 Å². The van der Waals surface area contributed by atoms with Gasteiger partial charge in [-0.15, -0.1) is 0 Å². The molecule has 154 valence electrons. The van der Waals surface area contributed by atoms with Gasteiger partial charge in [0.25, 0.3) is 5.91 Å². The SMILES string of the molecule is O=C(NC[C@H]1CCCN(C(=O)Cn2cncn2)C1)c1ccc(-c2ccccc2)cc1. The molecule has 1 N–H and O–H groups in total. The van der Waals surface area contributed by atoms with Gasteiger partial charge in [-0.1, -0.05) is 42.5 Å². The fraction of sp³-hybridized carbons (Fsp3) is 0.304. The van der Waals surface area contributed by atoms with Crippen molar-refractivity contribution in [3.8, 4) is 11.1 Å². The molecule has 4 rings (SSSR count). The summed E-state index contributed by atoms with van der Waals surface area (Å²) >= 11 is 0. The lowest BCUT2D eigenvalue weighted by atomic mass is 9.97. The highest BCUT2D eigenvalue weighted by atomic mass is 16.2. The zero-order chi connectivity index (χ0) is 20.8. The van der Waals surface area contributed by atoms with Crippen LogP contribution in [0.4, 0.5) is 0 Å². The van der Waals surface area contributed by atoms with Crippen LogP contribution < -0.4 is 5.32 Å². The zero-order valence-electron chi connectivity index (χ0n) is 16.8. The number of nitrogens with one attached hydrogen (secondary N) is 1. The summed E-state index contributed by atoms with van der Waals surface area (Å²) in [6, 6.07) is 17.7. The molecule has 2 heterocycles. The summed E-state index contributed by atoms with van der Waals surface area (Å²) in [5.74, 6) is 0.208. The zero-order valence-corrected chi connectivity index (χ0v) is 16.8. The second-order valence-electron chi connectivity index (χ2n) is 7.59. The molecule has 30 heavy (non-hydrogen) atoms. The molecule has 1 aliphatic rings. The van der Waals surface area contributed by atoms with Gasteiger partial charge in [-0.2, -0.15) is 5.10 Å². The van der Waals surface area contributed by atoms with Crippen LogP contribution in [0.25, 0.3) is 11.1 Å². The van der Waals surface area contributed by atoms with E-state index in [1.54, 1.807) is 6.33 Å². The van der Waals surface area contributed by atoms with Gasteiger partial charge in [0, 0.05) is 25.2 Å². The average molecular weight is 403 g/mol. The van der Waals surface area contributed by atoms with Crippen molar-refractivity contribution in [1.82, 2.24) is 25.0 Å². The third-order valence-electron chi connectivity index (χ3n) is 5.44. The molecule has 0 spiro atoms. The molecule has 0 unspecified atom stereocenters. The maximum absolute atomic E-state index is 12.6. The van der Waals surface area contributed by atoms with E-state index in [4.69, 9.17) is 0 Å². The number of carbonyl (C=O) groups excluding carboxylic acids is 2. The van der Waals surface area contributed by atoms with Crippen LogP contribution >= 0.6 is 0 Å². The number of piperidine rings is 1. The summed E-state index contributed by atoms with van der Waals surface area (Å²) in [5.41, 5.74) is 2.85. The molecule has 1 atom stereocenters. The van der Waals surface area contributed by atoms with Crippen LogP contribution in [0.3, 0.4) is 0 Å². The van der Waals surface area contributed by atoms with E-state index in [0.717, 1.165) is 30.5 Å². The summed E-state index contributed by atoms with van der Waals surface area (Å²) in [5, 5.41) is 7.02. The Morgan fingerprint density at radius 3 is 2.53 bits per heavy atom. The van der Waals surface area contributed by atoms with E-state index in [1.165, 1.54) is 11.0 Å². The number of benzene rings is 2. The maximum Gasteiger partial charge on any atom is 0.251 e. The Hall–Kier alpha value is -3.48. The number of amides is 2. The van der Waals surface area contributed by atoms with Crippen molar-refractivity contribution in [2.75, 3.05) is 19.6 Å². The monoisotopic (exact) mass is 403 g/mol. The fourth-order valence-corrected chi connectivity index (χ4v) is 3.79. The van der Waals surface area contributed by atoms with Gasteiger partial charge >= 0.3 is 0 Å². The molecule has 7 nitrogen and oxygen atoms in total. The van der Waals surface area contributed by atoms with Gasteiger partial charge < -0.3 is 10.2 Å². The predicted molar refractivity (Wildman–Crippen MR) is 114 cm³/mol. The van der Waals surface area contributed by atoms with Crippen molar-refractivity contribution in [2.24, 2.45) is 5.92 Å². The lowest BCUT2D eigenvalue weighted by Gasteiger charge is -2.32. The highest BCUT2D eigenvalue weighted by molar-refractivity contribution is 5.94. The Morgan fingerprint density at radius 1 is 1.03 bits per heavy atom. The van der Waals surface area contributed by atoms with Gasteiger partial charge in [-0.25, -0.2) is 9.67 Å². The minimum Gasteiger partial charge on any atom is -0.352 e. The third kappa shape index (κ3) is 4.92. The van der Waals surface area contributed by atoms with Crippen molar-refractivity contribution in [3.05, 3.63) is 72.8 Å². The van der Waals surface area contributed by atoms with Gasteiger partial charge in [0.05, 0.1) is 0 Å². The van der Waals surface area contributed by atoms with Gasteiger partial charge in [-0.05, 0) is 42.0 Å². The number of nitrogens with zero attached hydrogens (tertiary/aromatic N) is 4. The number of carbonyl (C=O) groups is 2. The predicted octanol–water partition coefficient (Wildman–Crippen LogP) is 2.61. The highest BCUT2D eigenvalue weighted by Gasteiger charge is 2.24. The standard InChI is InChI=1S/C23H25N5O2/c29-22(15-28-17-24-16-26-28)27-12-4-5-18(14-27)13-25-23(30)21-10-8-20(9-11-21)19-6-2-1-3-7-19/h1-3,6-11,16-18H,4-5,12-15H2,(H,25,30)/t18-/m1/s1. The minimum absolute atomic E-state index is 0.0352. The number of rotatable bonds is 6. The first-order chi connectivity index (χ1) is 14.7. The molecular weight excluding hydrogens is 378 g/mol. The van der Waals surface area contributed by atoms with E-state index in [2.05, 4.69) is 15.4 Å². The van der Waals surface area contributed by atoms with Crippen LogP contribution in [0.5, 0.6) is 0 Å². The van der Waals surface area contributed by atoms with E-state index in [-0.39, 0.29) is 24.3 Å². The van der Waals surface area contributed by atoms with E-state index in [0.29, 0.717) is 18.7 Å². The van der Waals surface area contributed by atoms with Crippen LogP contribution in [0.15, 0.2) is 67.3 Å². The number of hydrogen-bond acceptors (Lipinski definition) is 4. The molecule has 1 aliphatic heterocycles. The lowest BCUT2D eigenvalue weighted by Crippen LogP contribution is -2.44. The first-order valence-corrected chi connectivity index (χ1v) is 10.2. The van der Waals surface area contributed by atoms with Crippen LogP contribution in [-0.2, 0) is 11.3 Å². The van der Waals surface area contributed by atoms with Crippen LogP contribution in [-0.4, -0.2) is 51.1 Å². The number of aromatic nitrogens is 3. The van der Waals surface area contributed by atoms with Gasteiger partial charge in [0.2, 0.25) is 5.91 Å². The van der Waals surface area contributed by atoms with Crippen LogP contribution in [0.2, 0.25) is 0 Å². The Labute approximate surface area is 175 Å². The first-order valence-electron chi connectivity index (χ1n) is 10.2. The third-order valence-corrected chi connectivity index (χ3v) is 5.44. The minimum atomic E-state index is -0.0827. The topological polar surface area (TPSA) is 80.1 Å². The molecule has 0 aliphatic carbocycles. The molecule has 1 saturated heterocycles. The van der Waals surface area contributed by atoms with E-state index >= 15 is 0 Å². The quantitative estimate of drug-likeness (QED) is 0.686. The van der Waals surface area contributed by atoms with Crippen LogP contribution in [0.1, 0.15) is 23.2 Å². The maximum atomic E-state index is 12.6. The molecule has 0 radical (unpaired) electrons. The second kappa shape index (κ2) is 9.35. The summed E-state index contributed by atoms with van der Waals surface area (Å²) in [6.45, 7) is 2.17. The molecule has 1 fully saturated rings. The molecule has 1 aromatic heterocycles. The molecule has 0 saturated carbocycles. The second-order valence-corrected chi connectivity index (χ2v) is 7.59. The molecule has 2 amide bonds. The Morgan fingerprint density at radius 2 is 1.80 bits per heavy atom. The van der Waals surface area contributed by atoms with Crippen LogP contribution in [0, 0.1) is 5.92 Å². The Bertz CT molecular complexity index is 971. The Balaban J connectivity index is 1.28. The van der Waals surface area contributed by atoms with Crippen molar-refractivity contribution in [1.29, 1.82) is 0 Å². The van der Waals surface area contributed by atoms with E-state index < -0.39 is 0 Å². The number of hydrogen-bond donors (Lipinski definition) is 1. The van der Waals surface area contributed by atoms with Gasteiger partial charge in [0.15, 0.2) is 0 Å². The van der Waals surface area contributed by atoms with E-state index in [1.807, 2.05) is 59.5 Å². The normalized spacial score (nSPS) is 16.3. The summed E-state index contributed by atoms with van der Waals surface area (Å²) in [6.07, 6.45) is 4.91. The smallest absolute Gasteiger partial charge is 0.251 e. The highest BCUT2D eigenvalue weighted by Crippen LogP contribution is 2.20. The molecule has 0 bridgehead atoms. The largest absolute Gasteiger partial charge is 0.352 e. The van der Waals surface area contributed by atoms with Crippen molar-refractivity contribution in [3.63, 3.8) is 0 Å². The van der Waals surface area contributed by atoms with Crippen molar-refractivity contribution < 1.29 is 9.59 Å². The van der Waals surface area contributed by atoms with Crippen molar-refractivity contribution >= 4 is 11.8 Å². The number of likely N-dealkylation sites (tertiary alicyclic amines) is 1. The summed E-state index contributed by atoms with van der Waals surface area (Å²) in [7, 11) is 0. The molecule has 7 heteroatoms.